The van der Waals surface area contributed by atoms with Crippen molar-refractivity contribution in [2.45, 2.75) is 58.7 Å². The third-order valence-corrected chi connectivity index (χ3v) is 8.38. The fourth-order valence-electron chi connectivity index (χ4n) is 5.68. The van der Waals surface area contributed by atoms with E-state index in [4.69, 9.17) is 12.2 Å². The number of nitrogens with one attached hydrogen (secondary N) is 2. The first-order valence-corrected chi connectivity index (χ1v) is 13.9. The third kappa shape index (κ3) is 5.28. The van der Waals surface area contributed by atoms with Gasteiger partial charge >= 0.3 is 0 Å². The van der Waals surface area contributed by atoms with Gasteiger partial charge in [-0.3, -0.25) is 9.78 Å². The third-order valence-electron chi connectivity index (χ3n) is 8.03. The number of likely N-dealkylation sites (N-methyl/N-ethyl adjacent to an activating group) is 1. The van der Waals surface area contributed by atoms with Gasteiger partial charge in [0.2, 0.25) is 5.91 Å². The molecule has 6 nitrogen and oxygen atoms in total. The zero-order valence-corrected chi connectivity index (χ0v) is 24.4. The van der Waals surface area contributed by atoms with E-state index in [0.717, 1.165) is 28.1 Å². The van der Waals surface area contributed by atoms with Crippen LogP contribution in [0.1, 0.15) is 67.2 Å². The van der Waals surface area contributed by atoms with Crippen LogP contribution < -0.4 is 15.5 Å². The Morgan fingerprint density at radius 1 is 1.10 bits per heavy atom. The summed E-state index contributed by atoms with van der Waals surface area (Å²) in [6.45, 7) is 11.2. The lowest BCUT2D eigenvalue weighted by Crippen LogP contribution is -2.42. The van der Waals surface area contributed by atoms with Crippen LogP contribution >= 0.6 is 12.2 Å². The smallest absolute Gasteiger partial charge is 0.226 e. The number of anilines is 2. The highest BCUT2D eigenvalue weighted by Gasteiger charge is 2.40. The predicted molar refractivity (Wildman–Crippen MR) is 164 cm³/mol. The van der Waals surface area contributed by atoms with Crippen LogP contribution in [0.15, 0.2) is 66.9 Å². The Kier molecular flexibility index (Phi) is 7.21. The van der Waals surface area contributed by atoms with Gasteiger partial charge in [0.25, 0.3) is 0 Å². The summed E-state index contributed by atoms with van der Waals surface area (Å²) in [6.07, 6.45) is 4.46. The summed E-state index contributed by atoms with van der Waals surface area (Å²) in [7, 11) is 2.14. The zero-order valence-electron chi connectivity index (χ0n) is 23.6. The molecule has 3 aromatic rings. The summed E-state index contributed by atoms with van der Waals surface area (Å²) in [5.41, 5.74) is 8.73. The van der Waals surface area contributed by atoms with E-state index in [1.165, 1.54) is 16.8 Å². The first kappa shape index (κ1) is 26.9. The maximum absolute atomic E-state index is 13.0. The number of aryl methyl sites for hydroxylation is 2. The molecule has 2 atom stereocenters. The average Bonchev–Trinajstić information content (AvgIpc) is 3.24. The van der Waals surface area contributed by atoms with Gasteiger partial charge in [-0.2, -0.15) is 0 Å². The summed E-state index contributed by atoms with van der Waals surface area (Å²) in [5.74, 6) is -0.0281. The van der Waals surface area contributed by atoms with Crippen molar-refractivity contribution >= 4 is 40.2 Å². The van der Waals surface area contributed by atoms with Crippen LogP contribution in [-0.4, -0.2) is 40.0 Å². The van der Waals surface area contributed by atoms with E-state index in [2.05, 4.69) is 83.6 Å². The molecule has 3 heterocycles. The fraction of sp³-hybridized carbons (Fsp3) is 0.344. The van der Waals surface area contributed by atoms with Crippen molar-refractivity contribution in [2.24, 2.45) is 0 Å². The molecule has 2 aliphatic rings. The number of carbonyl (C=O) groups is 1. The first-order valence-electron chi connectivity index (χ1n) is 13.5. The Morgan fingerprint density at radius 3 is 2.64 bits per heavy atom. The Hall–Kier alpha value is -3.71. The second-order valence-corrected chi connectivity index (χ2v) is 11.6. The standard InChI is InChI=1S/C32H37N5OS/c1-20-10-11-21(2)26(17-20)34-28(38)14-16-37-30(29(35-31(37)39)25-9-7-8-15-33-25)23-12-13-27-24(18-23)22(3)19-32(4,5)36(27)6/h7-13,15,17-19,29-30H,14,16H2,1-6H3,(H,34,38)(H,35,39)/t29-,30+/m0/s1. The van der Waals surface area contributed by atoms with E-state index in [1.54, 1.807) is 0 Å². The minimum absolute atomic E-state index is 0.0281. The van der Waals surface area contributed by atoms with Gasteiger partial charge in [0.1, 0.15) is 0 Å². The van der Waals surface area contributed by atoms with Crippen molar-refractivity contribution in [3.05, 3.63) is 94.8 Å². The maximum atomic E-state index is 13.0. The molecular weight excluding hydrogens is 502 g/mol. The lowest BCUT2D eigenvalue weighted by molar-refractivity contribution is -0.116. The number of rotatable bonds is 6. The second kappa shape index (κ2) is 10.5. The van der Waals surface area contributed by atoms with E-state index >= 15 is 0 Å². The van der Waals surface area contributed by atoms with E-state index < -0.39 is 0 Å². The monoisotopic (exact) mass is 539 g/mol. The van der Waals surface area contributed by atoms with E-state index in [0.29, 0.717) is 18.1 Å². The number of thiocarbonyl (C=S) groups is 1. The molecule has 5 rings (SSSR count). The molecule has 7 heteroatoms. The van der Waals surface area contributed by atoms with Gasteiger partial charge in [-0.1, -0.05) is 30.3 Å². The van der Waals surface area contributed by atoms with Crippen LogP contribution in [0.2, 0.25) is 0 Å². The summed E-state index contributed by atoms with van der Waals surface area (Å²) < 4.78 is 0. The van der Waals surface area contributed by atoms with Gasteiger partial charge < -0.3 is 20.4 Å². The van der Waals surface area contributed by atoms with Crippen LogP contribution in [0.3, 0.4) is 0 Å². The topological polar surface area (TPSA) is 60.5 Å². The Labute approximate surface area is 237 Å². The molecule has 1 saturated heterocycles. The molecule has 202 valence electrons. The number of carbonyl (C=O) groups excluding carboxylic acids is 1. The van der Waals surface area contributed by atoms with Crippen LogP contribution in [0, 0.1) is 13.8 Å². The SMILES string of the molecule is CC1=CC(C)(C)N(C)c2ccc([C@@H]3[C@H](c4ccccn4)NC(=S)N3CCC(=O)Nc3cc(C)ccc3C)cc21. The van der Waals surface area contributed by atoms with Crippen LogP contribution in [0.5, 0.6) is 0 Å². The molecule has 0 aliphatic carbocycles. The number of hydrogen-bond donors (Lipinski definition) is 2. The number of benzene rings is 2. The van der Waals surface area contributed by atoms with Gasteiger partial charge in [0.05, 0.1) is 23.3 Å². The van der Waals surface area contributed by atoms with E-state index in [-0.39, 0.29) is 23.5 Å². The molecule has 1 aromatic heterocycles. The normalized spacial score (nSPS) is 19.8. The Morgan fingerprint density at radius 2 is 1.90 bits per heavy atom. The summed E-state index contributed by atoms with van der Waals surface area (Å²) in [6, 6.07) is 18.5. The predicted octanol–water partition coefficient (Wildman–Crippen LogP) is 6.33. The molecule has 0 radical (unpaired) electrons. The summed E-state index contributed by atoms with van der Waals surface area (Å²) >= 11 is 5.84. The van der Waals surface area contributed by atoms with E-state index in [1.807, 2.05) is 50.4 Å². The van der Waals surface area contributed by atoms with Crippen molar-refractivity contribution in [1.82, 2.24) is 15.2 Å². The number of fused-ring (bicyclic) bond motifs is 1. The molecule has 2 N–H and O–H groups in total. The molecule has 39 heavy (non-hydrogen) atoms. The van der Waals surface area contributed by atoms with Crippen molar-refractivity contribution in [1.29, 1.82) is 0 Å². The number of pyridine rings is 1. The summed E-state index contributed by atoms with van der Waals surface area (Å²) in [5, 5.41) is 7.24. The molecule has 0 spiro atoms. The van der Waals surface area contributed by atoms with Gasteiger partial charge in [-0.25, -0.2) is 0 Å². The Bertz CT molecular complexity index is 1450. The van der Waals surface area contributed by atoms with Gasteiger partial charge in [-0.05, 0) is 99.4 Å². The number of hydrogen-bond acceptors (Lipinski definition) is 4. The molecule has 0 bridgehead atoms. The number of nitrogens with zero attached hydrogens (tertiary/aromatic N) is 3. The largest absolute Gasteiger partial charge is 0.366 e. The minimum Gasteiger partial charge on any atom is -0.366 e. The van der Waals surface area contributed by atoms with Crippen molar-refractivity contribution in [2.75, 3.05) is 23.8 Å². The van der Waals surface area contributed by atoms with Gasteiger partial charge in [-0.15, -0.1) is 0 Å². The van der Waals surface area contributed by atoms with Crippen molar-refractivity contribution in [3.8, 4) is 0 Å². The lowest BCUT2D eigenvalue weighted by atomic mass is 9.86. The van der Waals surface area contributed by atoms with Crippen molar-refractivity contribution < 1.29 is 4.79 Å². The molecule has 2 aliphatic heterocycles. The van der Waals surface area contributed by atoms with Gasteiger partial charge in [0.15, 0.2) is 5.11 Å². The highest BCUT2D eigenvalue weighted by atomic mass is 32.1. The molecular formula is C32H37N5OS. The maximum Gasteiger partial charge on any atom is 0.226 e. The van der Waals surface area contributed by atoms with Crippen LogP contribution in [0.25, 0.3) is 5.57 Å². The minimum atomic E-state index is -0.124. The number of allylic oxidation sites excluding steroid dienone is 1. The molecule has 2 aromatic carbocycles. The quantitative estimate of drug-likeness (QED) is 0.357. The van der Waals surface area contributed by atoms with Crippen molar-refractivity contribution in [3.63, 3.8) is 0 Å². The molecule has 0 unspecified atom stereocenters. The zero-order chi connectivity index (χ0) is 27.9. The second-order valence-electron chi connectivity index (χ2n) is 11.3. The average molecular weight is 540 g/mol. The highest BCUT2D eigenvalue weighted by Crippen LogP contribution is 2.43. The summed E-state index contributed by atoms with van der Waals surface area (Å²) in [4.78, 5) is 22.2. The fourth-order valence-corrected chi connectivity index (χ4v) is 6.01. The molecule has 1 amide bonds. The molecule has 1 fully saturated rings. The van der Waals surface area contributed by atoms with E-state index in [9.17, 15) is 4.79 Å². The number of aromatic nitrogens is 1. The van der Waals surface area contributed by atoms with Crippen LogP contribution in [0.4, 0.5) is 11.4 Å². The molecule has 0 saturated carbocycles. The Balaban J connectivity index is 1.45. The highest BCUT2D eigenvalue weighted by molar-refractivity contribution is 7.80. The number of amides is 1. The van der Waals surface area contributed by atoms with Crippen LogP contribution in [-0.2, 0) is 4.79 Å². The first-order chi connectivity index (χ1) is 18.5. The van der Waals surface area contributed by atoms with Gasteiger partial charge in [0, 0.05) is 43.1 Å². The lowest BCUT2D eigenvalue weighted by Gasteiger charge is -2.41.